The summed E-state index contributed by atoms with van der Waals surface area (Å²) in [5.41, 5.74) is 3.82. The molecule has 0 saturated carbocycles. The Labute approximate surface area is 136 Å². The summed E-state index contributed by atoms with van der Waals surface area (Å²) in [4.78, 5) is 2.14. The number of hydrogen-bond acceptors (Lipinski definition) is 4. The summed E-state index contributed by atoms with van der Waals surface area (Å²) < 4.78 is 5.35. The average molecular weight is 303 g/mol. The van der Waals surface area contributed by atoms with Gasteiger partial charge in [-0.1, -0.05) is 42.5 Å². The van der Waals surface area contributed by atoms with Crippen molar-refractivity contribution in [2.75, 3.05) is 19.8 Å². The Morgan fingerprint density at radius 3 is 2.61 bits per heavy atom. The molecule has 0 spiro atoms. The lowest BCUT2D eigenvalue weighted by Gasteiger charge is -2.31. The highest BCUT2D eigenvalue weighted by molar-refractivity contribution is 5.70. The summed E-state index contributed by atoms with van der Waals surface area (Å²) in [5, 5.41) is 18.4. The summed E-state index contributed by atoms with van der Waals surface area (Å²) in [6, 6.07) is 20.1. The predicted molar refractivity (Wildman–Crippen MR) is 87.2 cm³/mol. The number of morpholine rings is 1. The van der Waals surface area contributed by atoms with E-state index in [1.165, 1.54) is 0 Å². The smallest absolute Gasteiger partial charge is 0.122 e. The molecular formula is C19H17N3O. The first kappa shape index (κ1) is 15.2. The Morgan fingerprint density at radius 1 is 1.09 bits per heavy atom. The molecule has 0 bridgehead atoms. The van der Waals surface area contributed by atoms with Gasteiger partial charge in [-0.25, -0.2) is 0 Å². The normalized spacial score (nSPS) is 18.1. The van der Waals surface area contributed by atoms with Crippen LogP contribution in [0.4, 0.5) is 0 Å². The fraction of sp³-hybridized carbons (Fsp3) is 0.263. The number of nitriles is 2. The van der Waals surface area contributed by atoms with Gasteiger partial charge in [0.05, 0.1) is 30.9 Å². The van der Waals surface area contributed by atoms with Gasteiger partial charge in [0.1, 0.15) is 6.04 Å². The van der Waals surface area contributed by atoms with E-state index in [4.69, 9.17) is 4.74 Å². The van der Waals surface area contributed by atoms with Crippen LogP contribution in [0, 0.1) is 22.7 Å². The zero-order valence-corrected chi connectivity index (χ0v) is 12.8. The highest BCUT2D eigenvalue weighted by Gasteiger charge is 2.22. The van der Waals surface area contributed by atoms with Gasteiger partial charge < -0.3 is 4.74 Å². The van der Waals surface area contributed by atoms with Crippen molar-refractivity contribution in [3.05, 3.63) is 59.7 Å². The maximum absolute atomic E-state index is 9.21. The van der Waals surface area contributed by atoms with Crippen LogP contribution >= 0.6 is 0 Å². The second kappa shape index (κ2) is 7.07. The lowest BCUT2D eigenvalue weighted by atomic mass is 9.99. The van der Waals surface area contributed by atoms with E-state index >= 15 is 0 Å². The molecule has 0 amide bonds. The average Bonchev–Trinajstić information content (AvgIpc) is 2.63. The summed E-state index contributed by atoms with van der Waals surface area (Å²) in [6.45, 7) is 2.66. The molecule has 1 unspecified atom stereocenters. The quantitative estimate of drug-likeness (QED) is 0.874. The highest BCUT2D eigenvalue weighted by Crippen LogP contribution is 2.24. The molecule has 0 aromatic heterocycles. The molecule has 1 saturated heterocycles. The van der Waals surface area contributed by atoms with Gasteiger partial charge in [-0.3, -0.25) is 4.90 Å². The third-order valence-corrected chi connectivity index (χ3v) is 4.09. The molecule has 1 aliphatic rings. The topological polar surface area (TPSA) is 60.1 Å². The molecular weight excluding hydrogens is 286 g/mol. The van der Waals surface area contributed by atoms with Crippen molar-refractivity contribution in [1.29, 1.82) is 10.5 Å². The fourth-order valence-corrected chi connectivity index (χ4v) is 2.80. The van der Waals surface area contributed by atoms with E-state index in [0.29, 0.717) is 18.8 Å². The minimum absolute atomic E-state index is 0.178. The van der Waals surface area contributed by atoms with Gasteiger partial charge in [-0.05, 0) is 22.8 Å². The van der Waals surface area contributed by atoms with Gasteiger partial charge in [-0.2, -0.15) is 10.5 Å². The van der Waals surface area contributed by atoms with E-state index < -0.39 is 0 Å². The Balaban J connectivity index is 1.77. The Kier molecular flexibility index (Phi) is 4.68. The number of rotatable bonds is 3. The standard InChI is InChI=1S/C19H17N3O/c20-11-17-3-1-2-4-19(17)16-7-5-15(6-8-16)13-22-9-10-23-14-18(22)12-21/h1-8,18H,9-10,13-14H2. The molecule has 0 aliphatic carbocycles. The molecule has 3 rings (SSSR count). The second-order valence-electron chi connectivity index (χ2n) is 5.54. The first-order valence-corrected chi connectivity index (χ1v) is 7.61. The van der Waals surface area contributed by atoms with Gasteiger partial charge in [0, 0.05) is 13.1 Å². The van der Waals surface area contributed by atoms with E-state index in [1.807, 2.05) is 36.4 Å². The molecule has 114 valence electrons. The van der Waals surface area contributed by atoms with E-state index in [0.717, 1.165) is 29.8 Å². The van der Waals surface area contributed by atoms with Gasteiger partial charge in [0.25, 0.3) is 0 Å². The van der Waals surface area contributed by atoms with Crippen LogP contribution in [-0.4, -0.2) is 30.7 Å². The molecule has 23 heavy (non-hydrogen) atoms. The van der Waals surface area contributed by atoms with Crippen LogP contribution in [0.3, 0.4) is 0 Å². The number of ether oxygens (including phenoxy) is 1. The molecule has 1 atom stereocenters. The van der Waals surface area contributed by atoms with Crippen LogP contribution in [0.5, 0.6) is 0 Å². The molecule has 1 heterocycles. The van der Waals surface area contributed by atoms with Crippen LogP contribution < -0.4 is 0 Å². The number of benzene rings is 2. The van der Waals surface area contributed by atoms with Crippen LogP contribution in [0.1, 0.15) is 11.1 Å². The summed E-state index contributed by atoms with van der Waals surface area (Å²) in [5.74, 6) is 0. The summed E-state index contributed by atoms with van der Waals surface area (Å²) in [7, 11) is 0. The van der Waals surface area contributed by atoms with Crippen molar-refractivity contribution in [3.63, 3.8) is 0 Å². The van der Waals surface area contributed by atoms with Gasteiger partial charge in [0.2, 0.25) is 0 Å². The Hall–Kier alpha value is -2.66. The maximum Gasteiger partial charge on any atom is 0.122 e. The van der Waals surface area contributed by atoms with Crippen LogP contribution in [-0.2, 0) is 11.3 Å². The summed E-state index contributed by atoms with van der Waals surface area (Å²) in [6.07, 6.45) is 0. The van der Waals surface area contributed by atoms with E-state index in [9.17, 15) is 10.5 Å². The van der Waals surface area contributed by atoms with E-state index in [-0.39, 0.29) is 6.04 Å². The monoisotopic (exact) mass is 303 g/mol. The zero-order valence-electron chi connectivity index (χ0n) is 12.8. The maximum atomic E-state index is 9.21. The third-order valence-electron chi connectivity index (χ3n) is 4.09. The van der Waals surface area contributed by atoms with Gasteiger partial charge in [-0.15, -0.1) is 0 Å². The van der Waals surface area contributed by atoms with Crippen LogP contribution in [0.2, 0.25) is 0 Å². The second-order valence-corrected chi connectivity index (χ2v) is 5.54. The third kappa shape index (κ3) is 3.40. The predicted octanol–water partition coefficient (Wildman–Crippen LogP) is 2.95. The van der Waals surface area contributed by atoms with Crippen molar-refractivity contribution in [3.8, 4) is 23.3 Å². The molecule has 1 aliphatic heterocycles. The molecule has 0 N–H and O–H groups in total. The molecule has 1 fully saturated rings. The van der Waals surface area contributed by atoms with Crippen molar-refractivity contribution in [2.45, 2.75) is 12.6 Å². The number of nitrogens with zero attached hydrogens (tertiary/aromatic N) is 3. The summed E-state index contributed by atoms with van der Waals surface area (Å²) >= 11 is 0. The van der Waals surface area contributed by atoms with Crippen molar-refractivity contribution in [1.82, 2.24) is 4.90 Å². The molecule has 4 nitrogen and oxygen atoms in total. The SMILES string of the molecule is N#Cc1ccccc1-c1ccc(CN2CCOCC2C#N)cc1. The number of hydrogen-bond donors (Lipinski definition) is 0. The zero-order chi connectivity index (χ0) is 16.1. The Morgan fingerprint density at radius 2 is 1.87 bits per heavy atom. The first-order valence-electron chi connectivity index (χ1n) is 7.61. The minimum atomic E-state index is -0.178. The highest BCUT2D eigenvalue weighted by atomic mass is 16.5. The van der Waals surface area contributed by atoms with E-state index in [2.05, 4.69) is 29.2 Å². The van der Waals surface area contributed by atoms with Crippen molar-refractivity contribution in [2.24, 2.45) is 0 Å². The largest absolute Gasteiger partial charge is 0.377 e. The van der Waals surface area contributed by atoms with Gasteiger partial charge in [0.15, 0.2) is 0 Å². The van der Waals surface area contributed by atoms with Crippen LogP contribution in [0.15, 0.2) is 48.5 Å². The molecule has 2 aromatic carbocycles. The van der Waals surface area contributed by atoms with Crippen LogP contribution in [0.25, 0.3) is 11.1 Å². The first-order chi connectivity index (χ1) is 11.3. The molecule has 0 radical (unpaired) electrons. The van der Waals surface area contributed by atoms with E-state index in [1.54, 1.807) is 0 Å². The molecule has 2 aromatic rings. The van der Waals surface area contributed by atoms with Crippen molar-refractivity contribution < 1.29 is 4.74 Å². The van der Waals surface area contributed by atoms with Gasteiger partial charge >= 0.3 is 0 Å². The lowest BCUT2D eigenvalue weighted by molar-refractivity contribution is 0.00890. The lowest BCUT2D eigenvalue weighted by Crippen LogP contribution is -2.43. The van der Waals surface area contributed by atoms with Crippen molar-refractivity contribution >= 4 is 0 Å². The minimum Gasteiger partial charge on any atom is -0.377 e. The fourth-order valence-electron chi connectivity index (χ4n) is 2.80. The Bertz CT molecular complexity index is 755. The molecule has 4 heteroatoms.